The van der Waals surface area contributed by atoms with Gasteiger partial charge < -0.3 is 4.57 Å². The summed E-state index contributed by atoms with van der Waals surface area (Å²) in [7, 11) is 1.91. The highest BCUT2D eigenvalue weighted by atomic mass is 15.3. The molecular weight excluding hydrogens is 188 g/mol. The molecule has 0 aliphatic rings. The lowest BCUT2D eigenvalue weighted by Crippen LogP contribution is -2.05. The van der Waals surface area contributed by atoms with Crippen LogP contribution in [-0.2, 0) is 13.6 Å². The monoisotopic (exact) mass is 200 g/mol. The summed E-state index contributed by atoms with van der Waals surface area (Å²) in [6, 6.07) is 7.87. The normalized spacial score (nSPS) is 10.2. The van der Waals surface area contributed by atoms with Crippen LogP contribution in [0.25, 0.3) is 0 Å². The third-order valence-corrected chi connectivity index (χ3v) is 2.38. The lowest BCUT2D eigenvalue weighted by atomic mass is 10.3. The molecule has 2 rings (SSSR count). The van der Waals surface area contributed by atoms with Gasteiger partial charge in [0.25, 0.3) is 0 Å². The van der Waals surface area contributed by atoms with Gasteiger partial charge in [-0.2, -0.15) is 10.4 Å². The van der Waals surface area contributed by atoms with Crippen molar-refractivity contribution in [2.75, 3.05) is 0 Å². The molecule has 0 unspecified atom stereocenters. The van der Waals surface area contributed by atoms with E-state index in [0.29, 0.717) is 12.2 Å². The Morgan fingerprint density at radius 1 is 1.53 bits per heavy atom. The van der Waals surface area contributed by atoms with Crippen molar-refractivity contribution in [1.29, 1.82) is 5.26 Å². The first-order valence-corrected chi connectivity index (χ1v) is 4.75. The Bertz CT molecular complexity index is 513. The Balaban J connectivity index is 2.30. The Kier molecular flexibility index (Phi) is 2.30. The highest BCUT2D eigenvalue weighted by Crippen LogP contribution is 2.07. The summed E-state index contributed by atoms with van der Waals surface area (Å²) in [6.07, 6.45) is 1.90. The summed E-state index contributed by atoms with van der Waals surface area (Å²) in [5.41, 5.74) is 2.77. The van der Waals surface area contributed by atoms with Gasteiger partial charge in [0.05, 0.1) is 17.9 Å². The van der Waals surface area contributed by atoms with Crippen LogP contribution in [0.5, 0.6) is 0 Å². The maximum absolute atomic E-state index is 8.87. The van der Waals surface area contributed by atoms with Gasteiger partial charge in [-0.15, -0.1) is 0 Å². The Morgan fingerprint density at radius 3 is 2.93 bits per heavy atom. The van der Waals surface area contributed by atoms with Crippen LogP contribution in [0.3, 0.4) is 0 Å². The molecule has 0 amide bonds. The molecule has 4 heteroatoms. The van der Waals surface area contributed by atoms with E-state index in [1.54, 1.807) is 0 Å². The van der Waals surface area contributed by atoms with Gasteiger partial charge in [0, 0.05) is 13.2 Å². The highest BCUT2D eigenvalue weighted by Gasteiger charge is 2.05. The fourth-order valence-corrected chi connectivity index (χ4v) is 1.64. The topological polar surface area (TPSA) is 46.5 Å². The zero-order valence-corrected chi connectivity index (χ0v) is 8.81. The second-order valence-corrected chi connectivity index (χ2v) is 3.53. The molecule has 0 aromatic carbocycles. The van der Waals surface area contributed by atoms with Gasteiger partial charge in [0.2, 0.25) is 0 Å². The SMILES string of the molecule is Cc1cc(Cn2cccc2C#N)n(C)n1. The Hall–Kier alpha value is -2.02. The summed E-state index contributed by atoms with van der Waals surface area (Å²) in [6.45, 7) is 2.65. The van der Waals surface area contributed by atoms with E-state index >= 15 is 0 Å². The van der Waals surface area contributed by atoms with Crippen LogP contribution in [-0.4, -0.2) is 14.3 Å². The van der Waals surface area contributed by atoms with Crippen LogP contribution in [0.2, 0.25) is 0 Å². The standard InChI is InChI=1S/C11H12N4/c1-9-6-11(14(2)13-9)8-15-5-3-4-10(15)7-12/h3-6H,8H2,1-2H3. The average Bonchev–Trinajstić information content (AvgIpc) is 2.74. The molecule has 0 spiro atoms. The first kappa shape index (κ1) is 9.53. The van der Waals surface area contributed by atoms with E-state index in [1.165, 1.54) is 0 Å². The van der Waals surface area contributed by atoms with E-state index < -0.39 is 0 Å². The van der Waals surface area contributed by atoms with Gasteiger partial charge in [0.1, 0.15) is 11.8 Å². The largest absolute Gasteiger partial charge is 0.333 e. The van der Waals surface area contributed by atoms with Gasteiger partial charge in [0.15, 0.2) is 0 Å². The number of nitriles is 1. The quantitative estimate of drug-likeness (QED) is 0.736. The molecule has 0 aliphatic carbocycles. The second-order valence-electron chi connectivity index (χ2n) is 3.53. The molecule has 0 fully saturated rings. The first-order valence-electron chi connectivity index (χ1n) is 4.75. The number of aromatic nitrogens is 3. The van der Waals surface area contributed by atoms with Crippen molar-refractivity contribution in [2.45, 2.75) is 13.5 Å². The molecule has 4 nitrogen and oxygen atoms in total. The van der Waals surface area contributed by atoms with Crippen molar-refractivity contribution < 1.29 is 0 Å². The highest BCUT2D eigenvalue weighted by molar-refractivity contribution is 5.23. The third-order valence-electron chi connectivity index (χ3n) is 2.38. The molecule has 2 aromatic heterocycles. The van der Waals surface area contributed by atoms with Gasteiger partial charge in [-0.25, -0.2) is 0 Å². The van der Waals surface area contributed by atoms with Crippen LogP contribution in [0.15, 0.2) is 24.4 Å². The third kappa shape index (κ3) is 1.77. The number of hydrogen-bond acceptors (Lipinski definition) is 2. The smallest absolute Gasteiger partial charge is 0.120 e. The van der Waals surface area contributed by atoms with Crippen LogP contribution < -0.4 is 0 Å². The predicted octanol–water partition coefficient (Wildman–Crippen LogP) is 1.45. The van der Waals surface area contributed by atoms with Crippen molar-refractivity contribution >= 4 is 0 Å². The summed E-state index contributed by atoms with van der Waals surface area (Å²) in [5.74, 6) is 0. The molecule has 0 saturated heterocycles. The fourth-order valence-electron chi connectivity index (χ4n) is 1.64. The fraction of sp³-hybridized carbons (Fsp3) is 0.273. The van der Waals surface area contributed by atoms with E-state index in [1.807, 2.05) is 47.6 Å². The zero-order valence-electron chi connectivity index (χ0n) is 8.81. The molecule has 76 valence electrons. The van der Waals surface area contributed by atoms with Crippen LogP contribution in [0.4, 0.5) is 0 Å². The van der Waals surface area contributed by atoms with Crippen molar-refractivity contribution in [1.82, 2.24) is 14.3 Å². The molecule has 2 aromatic rings. The van der Waals surface area contributed by atoms with Crippen molar-refractivity contribution in [3.8, 4) is 6.07 Å². The molecule has 0 saturated carbocycles. The second kappa shape index (κ2) is 3.62. The van der Waals surface area contributed by atoms with Gasteiger partial charge in [-0.1, -0.05) is 0 Å². The summed E-state index contributed by atoms with van der Waals surface area (Å²) < 4.78 is 3.76. The number of rotatable bonds is 2. The molecule has 0 bridgehead atoms. The van der Waals surface area contributed by atoms with Gasteiger partial charge in [-0.05, 0) is 25.1 Å². The molecule has 0 atom stereocenters. The average molecular weight is 200 g/mol. The van der Waals surface area contributed by atoms with E-state index in [-0.39, 0.29) is 0 Å². The van der Waals surface area contributed by atoms with E-state index in [0.717, 1.165) is 11.4 Å². The van der Waals surface area contributed by atoms with Crippen molar-refractivity contribution in [3.63, 3.8) is 0 Å². The zero-order chi connectivity index (χ0) is 10.8. The van der Waals surface area contributed by atoms with Crippen LogP contribution in [0.1, 0.15) is 17.1 Å². The molecule has 15 heavy (non-hydrogen) atoms. The maximum Gasteiger partial charge on any atom is 0.120 e. The van der Waals surface area contributed by atoms with Crippen LogP contribution in [0, 0.1) is 18.3 Å². The van der Waals surface area contributed by atoms with E-state index in [9.17, 15) is 0 Å². The molecular formula is C11H12N4. The number of aryl methyl sites for hydroxylation is 2. The Morgan fingerprint density at radius 2 is 2.33 bits per heavy atom. The van der Waals surface area contributed by atoms with Crippen LogP contribution >= 0.6 is 0 Å². The van der Waals surface area contributed by atoms with E-state index in [4.69, 9.17) is 5.26 Å². The summed E-state index contributed by atoms with van der Waals surface area (Å²) in [4.78, 5) is 0. The predicted molar refractivity (Wildman–Crippen MR) is 56.2 cm³/mol. The minimum atomic E-state index is 0.675. The lowest BCUT2D eigenvalue weighted by Gasteiger charge is -2.04. The van der Waals surface area contributed by atoms with E-state index in [2.05, 4.69) is 11.2 Å². The molecule has 0 N–H and O–H groups in total. The molecule has 0 radical (unpaired) electrons. The van der Waals surface area contributed by atoms with Crippen molar-refractivity contribution in [2.24, 2.45) is 7.05 Å². The summed E-state index contributed by atoms with van der Waals surface area (Å²) >= 11 is 0. The molecule has 0 aliphatic heterocycles. The van der Waals surface area contributed by atoms with Crippen molar-refractivity contribution in [3.05, 3.63) is 41.5 Å². The lowest BCUT2D eigenvalue weighted by molar-refractivity contribution is 0.662. The summed E-state index contributed by atoms with van der Waals surface area (Å²) in [5, 5.41) is 13.1. The number of hydrogen-bond donors (Lipinski definition) is 0. The van der Waals surface area contributed by atoms with Gasteiger partial charge >= 0.3 is 0 Å². The maximum atomic E-state index is 8.87. The Labute approximate surface area is 88.4 Å². The van der Waals surface area contributed by atoms with Gasteiger partial charge in [-0.3, -0.25) is 4.68 Å². The minimum Gasteiger partial charge on any atom is -0.333 e. The minimum absolute atomic E-state index is 0.675. The number of nitrogens with zero attached hydrogens (tertiary/aromatic N) is 4. The first-order chi connectivity index (χ1) is 7.20. The molecule has 2 heterocycles.